The van der Waals surface area contributed by atoms with E-state index in [0.717, 1.165) is 4.88 Å². The molecule has 2 aromatic rings. The van der Waals surface area contributed by atoms with Gasteiger partial charge < -0.3 is 5.11 Å². The third kappa shape index (κ3) is 2.46. The SMILES string of the molecule is OC(Cc1ccc2c(c1)CCC2)c1cc(Cl)cs1. The van der Waals surface area contributed by atoms with Crippen LogP contribution < -0.4 is 0 Å². The van der Waals surface area contributed by atoms with Crippen molar-refractivity contribution in [1.29, 1.82) is 0 Å². The quantitative estimate of drug-likeness (QED) is 0.894. The fourth-order valence-corrected chi connectivity index (χ4v) is 3.65. The molecule has 1 N–H and O–H groups in total. The summed E-state index contributed by atoms with van der Waals surface area (Å²) in [6.07, 6.45) is 3.89. The van der Waals surface area contributed by atoms with Gasteiger partial charge in [0.05, 0.1) is 11.1 Å². The zero-order valence-electron chi connectivity index (χ0n) is 10.0. The van der Waals surface area contributed by atoms with Gasteiger partial charge in [-0.15, -0.1) is 11.3 Å². The van der Waals surface area contributed by atoms with Gasteiger partial charge in [-0.05, 0) is 42.0 Å². The fraction of sp³-hybridized carbons (Fsp3) is 0.333. The number of benzene rings is 1. The van der Waals surface area contributed by atoms with Gasteiger partial charge in [0.15, 0.2) is 0 Å². The largest absolute Gasteiger partial charge is 0.387 e. The van der Waals surface area contributed by atoms with Gasteiger partial charge in [0.1, 0.15) is 0 Å². The Morgan fingerprint density at radius 1 is 1.22 bits per heavy atom. The third-order valence-corrected chi connectivity index (χ3v) is 4.89. The van der Waals surface area contributed by atoms with Crippen LogP contribution in [0.1, 0.15) is 34.1 Å². The Balaban J connectivity index is 1.76. The summed E-state index contributed by atoms with van der Waals surface area (Å²) in [6, 6.07) is 8.46. The summed E-state index contributed by atoms with van der Waals surface area (Å²) in [5, 5.41) is 12.8. The molecular weight excluding hydrogens is 264 g/mol. The maximum Gasteiger partial charge on any atom is 0.0922 e. The molecule has 0 fully saturated rings. The zero-order valence-corrected chi connectivity index (χ0v) is 11.6. The molecule has 0 radical (unpaired) electrons. The highest BCUT2D eigenvalue weighted by Gasteiger charge is 2.14. The standard InChI is InChI=1S/C15H15ClOS/c16-13-8-15(18-9-13)14(17)7-10-4-5-11-2-1-3-12(11)6-10/h4-6,8-9,14,17H,1-3,7H2. The van der Waals surface area contributed by atoms with Crippen molar-refractivity contribution >= 4 is 22.9 Å². The van der Waals surface area contributed by atoms with Crippen LogP contribution in [0, 0.1) is 0 Å². The van der Waals surface area contributed by atoms with Crippen LogP contribution in [0.4, 0.5) is 0 Å². The average molecular weight is 279 g/mol. The molecule has 0 aliphatic heterocycles. The van der Waals surface area contributed by atoms with Crippen molar-refractivity contribution in [1.82, 2.24) is 0 Å². The first-order chi connectivity index (χ1) is 8.72. The summed E-state index contributed by atoms with van der Waals surface area (Å²) in [6.45, 7) is 0. The molecule has 1 aromatic carbocycles. The molecule has 0 bridgehead atoms. The smallest absolute Gasteiger partial charge is 0.0922 e. The number of hydrogen-bond donors (Lipinski definition) is 1. The van der Waals surface area contributed by atoms with Crippen LogP contribution in [0.15, 0.2) is 29.6 Å². The lowest BCUT2D eigenvalue weighted by atomic mass is 10.0. The van der Waals surface area contributed by atoms with Gasteiger partial charge >= 0.3 is 0 Å². The molecule has 1 aromatic heterocycles. The molecule has 3 rings (SSSR count). The predicted octanol–water partition coefficient (Wildman–Crippen LogP) is 4.17. The van der Waals surface area contributed by atoms with E-state index < -0.39 is 6.10 Å². The van der Waals surface area contributed by atoms with Crippen molar-refractivity contribution in [3.63, 3.8) is 0 Å². The van der Waals surface area contributed by atoms with Crippen LogP contribution in [0.5, 0.6) is 0 Å². The molecule has 0 saturated heterocycles. The molecule has 0 amide bonds. The van der Waals surface area contributed by atoms with Crippen molar-refractivity contribution in [2.45, 2.75) is 31.8 Å². The molecule has 94 valence electrons. The van der Waals surface area contributed by atoms with Crippen LogP contribution >= 0.6 is 22.9 Å². The second-order valence-corrected chi connectivity index (χ2v) is 6.22. The molecule has 3 heteroatoms. The van der Waals surface area contributed by atoms with Gasteiger partial charge in [0, 0.05) is 16.7 Å². The lowest BCUT2D eigenvalue weighted by molar-refractivity contribution is 0.182. The number of aliphatic hydroxyl groups excluding tert-OH is 1. The first kappa shape index (κ1) is 12.2. The number of rotatable bonds is 3. The van der Waals surface area contributed by atoms with Crippen molar-refractivity contribution < 1.29 is 5.11 Å². The van der Waals surface area contributed by atoms with Crippen molar-refractivity contribution in [3.05, 3.63) is 56.2 Å². The highest BCUT2D eigenvalue weighted by molar-refractivity contribution is 7.10. The topological polar surface area (TPSA) is 20.2 Å². The van der Waals surface area contributed by atoms with E-state index in [0.29, 0.717) is 11.4 Å². The van der Waals surface area contributed by atoms with Gasteiger partial charge in [-0.2, -0.15) is 0 Å². The number of hydrogen-bond acceptors (Lipinski definition) is 2. The number of thiophene rings is 1. The highest BCUT2D eigenvalue weighted by Crippen LogP contribution is 2.29. The lowest BCUT2D eigenvalue weighted by Crippen LogP contribution is -2.00. The normalized spacial score (nSPS) is 15.7. The maximum absolute atomic E-state index is 10.2. The molecule has 1 atom stereocenters. The molecule has 1 heterocycles. The molecule has 1 aliphatic carbocycles. The van der Waals surface area contributed by atoms with Crippen LogP contribution in [0.3, 0.4) is 0 Å². The van der Waals surface area contributed by atoms with E-state index >= 15 is 0 Å². The summed E-state index contributed by atoms with van der Waals surface area (Å²) in [5.74, 6) is 0. The maximum atomic E-state index is 10.2. The van der Waals surface area contributed by atoms with Crippen LogP contribution in [0.2, 0.25) is 5.02 Å². The molecule has 18 heavy (non-hydrogen) atoms. The molecule has 1 unspecified atom stereocenters. The number of aryl methyl sites for hydroxylation is 2. The molecule has 0 saturated carbocycles. The minimum atomic E-state index is -0.443. The van der Waals surface area contributed by atoms with Gasteiger partial charge in [-0.1, -0.05) is 29.8 Å². The second kappa shape index (κ2) is 5.04. The average Bonchev–Trinajstić information content (AvgIpc) is 2.96. The fourth-order valence-electron chi connectivity index (χ4n) is 2.58. The molecule has 0 spiro atoms. The Hall–Kier alpha value is -0.830. The Labute approximate surface area is 116 Å². The van der Waals surface area contributed by atoms with Crippen LogP contribution in [0.25, 0.3) is 0 Å². The minimum Gasteiger partial charge on any atom is -0.387 e. The summed E-state index contributed by atoms with van der Waals surface area (Å²) in [7, 11) is 0. The molecule has 1 aliphatic rings. The van der Waals surface area contributed by atoms with E-state index in [2.05, 4.69) is 18.2 Å². The van der Waals surface area contributed by atoms with Gasteiger partial charge in [-0.3, -0.25) is 0 Å². The summed E-state index contributed by atoms with van der Waals surface area (Å²) in [4.78, 5) is 0.945. The second-order valence-electron chi connectivity index (χ2n) is 4.84. The van der Waals surface area contributed by atoms with Crippen molar-refractivity contribution in [2.75, 3.05) is 0 Å². The van der Waals surface area contributed by atoms with E-state index in [4.69, 9.17) is 11.6 Å². The minimum absolute atomic E-state index is 0.443. The summed E-state index contributed by atoms with van der Waals surface area (Å²) < 4.78 is 0. The van der Waals surface area contributed by atoms with Gasteiger partial charge in [0.2, 0.25) is 0 Å². The Morgan fingerprint density at radius 2 is 2.06 bits per heavy atom. The monoisotopic (exact) mass is 278 g/mol. The van der Waals surface area contributed by atoms with Gasteiger partial charge in [0.25, 0.3) is 0 Å². The third-order valence-electron chi connectivity index (χ3n) is 3.51. The number of fused-ring (bicyclic) bond motifs is 1. The first-order valence-corrected chi connectivity index (χ1v) is 7.51. The van der Waals surface area contributed by atoms with Crippen LogP contribution in [-0.2, 0) is 19.3 Å². The number of aliphatic hydroxyl groups is 1. The van der Waals surface area contributed by atoms with Gasteiger partial charge in [-0.25, -0.2) is 0 Å². The Bertz CT molecular complexity index is 561. The van der Waals surface area contributed by atoms with E-state index in [1.165, 1.54) is 47.3 Å². The van der Waals surface area contributed by atoms with E-state index in [9.17, 15) is 5.11 Å². The molecular formula is C15H15ClOS. The predicted molar refractivity (Wildman–Crippen MR) is 76.5 cm³/mol. The Morgan fingerprint density at radius 3 is 2.83 bits per heavy atom. The van der Waals surface area contributed by atoms with E-state index in [1.807, 2.05) is 11.4 Å². The molecule has 1 nitrogen and oxygen atoms in total. The van der Waals surface area contributed by atoms with Crippen molar-refractivity contribution in [3.8, 4) is 0 Å². The number of halogens is 1. The summed E-state index contributed by atoms with van der Waals surface area (Å²) >= 11 is 7.40. The van der Waals surface area contributed by atoms with E-state index in [1.54, 1.807) is 0 Å². The highest BCUT2D eigenvalue weighted by atomic mass is 35.5. The first-order valence-electron chi connectivity index (χ1n) is 6.25. The lowest BCUT2D eigenvalue weighted by Gasteiger charge is -2.10. The summed E-state index contributed by atoms with van der Waals surface area (Å²) in [5.41, 5.74) is 4.16. The Kier molecular flexibility index (Phi) is 3.42. The van der Waals surface area contributed by atoms with Crippen LogP contribution in [-0.4, -0.2) is 5.11 Å². The zero-order chi connectivity index (χ0) is 12.5. The van der Waals surface area contributed by atoms with E-state index in [-0.39, 0.29) is 0 Å². The van der Waals surface area contributed by atoms with Crippen molar-refractivity contribution in [2.24, 2.45) is 0 Å².